The third-order valence-electron chi connectivity index (χ3n) is 2.70. The zero-order valence-corrected chi connectivity index (χ0v) is 12.4. The van der Waals surface area contributed by atoms with Crippen LogP contribution in [0.5, 0.6) is 0 Å². The van der Waals surface area contributed by atoms with Crippen molar-refractivity contribution in [1.82, 2.24) is 10.6 Å². The van der Waals surface area contributed by atoms with Crippen molar-refractivity contribution in [3.8, 4) is 0 Å². The second kappa shape index (κ2) is 9.78. The first kappa shape index (κ1) is 17.9. The van der Waals surface area contributed by atoms with Gasteiger partial charge in [0.2, 0.25) is 11.8 Å². The summed E-state index contributed by atoms with van der Waals surface area (Å²) in [6.45, 7) is 6.99. The molecule has 0 unspecified atom stereocenters. The molecule has 2 amide bonds. The van der Waals surface area contributed by atoms with Gasteiger partial charge in [0.05, 0.1) is 0 Å². The number of aliphatic hydroxyl groups excluding tert-OH is 1. The van der Waals surface area contributed by atoms with Gasteiger partial charge in [-0.15, -0.1) is 0 Å². The van der Waals surface area contributed by atoms with Crippen LogP contribution in [0.15, 0.2) is 0 Å². The van der Waals surface area contributed by atoms with Crippen molar-refractivity contribution in [2.45, 2.75) is 52.9 Å². The number of rotatable bonds is 9. The Morgan fingerprint density at radius 2 is 1.58 bits per heavy atom. The van der Waals surface area contributed by atoms with E-state index in [1.54, 1.807) is 0 Å². The summed E-state index contributed by atoms with van der Waals surface area (Å²) in [5.74, 6) is 0.0333. The van der Waals surface area contributed by atoms with Crippen LogP contribution in [0.3, 0.4) is 0 Å². The van der Waals surface area contributed by atoms with Crippen molar-refractivity contribution in [2.24, 2.45) is 5.41 Å². The summed E-state index contributed by atoms with van der Waals surface area (Å²) in [5, 5.41) is 14.2. The normalized spacial score (nSPS) is 11.2. The van der Waals surface area contributed by atoms with E-state index in [-0.39, 0.29) is 23.8 Å². The summed E-state index contributed by atoms with van der Waals surface area (Å²) in [6.07, 6.45) is 3.70. The molecule has 0 saturated heterocycles. The minimum absolute atomic E-state index is 0.0110. The highest BCUT2D eigenvalue weighted by Gasteiger charge is 2.20. The second-order valence-electron chi connectivity index (χ2n) is 5.74. The maximum Gasteiger partial charge on any atom is 0.225 e. The topological polar surface area (TPSA) is 78.4 Å². The molecule has 5 nitrogen and oxygen atoms in total. The van der Waals surface area contributed by atoms with Crippen molar-refractivity contribution in [3.63, 3.8) is 0 Å². The van der Waals surface area contributed by atoms with E-state index in [4.69, 9.17) is 5.11 Å². The smallest absolute Gasteiger partial charge is 0.225 e. The number of hydrogen-bond acceptors (Lipinski definition) is 3. The van der Waals surface area contributed by atoms with Gasteiger partial charge in [-0.3, -0.25) is 9.59 Å². The number of carbonyl (C=O) groups is 2. The van der Waals surface area contributed by atoms with Gasteiger partial charge in [-0.1, -0.05) is 20.8 Å². The third kappa shape index (κ3) is 10.5. The molecular weight excluding hydrogens is 244 g/mol. The van der Waals surface area contributed by atoms with E-state index < -0.39 is 0 Å². The summed E-state index contributed by atoms with van der Waals surface area (Å²) in [4.78, 5) is 23.0. The van der Waals surface area contributed by atoms with Gasteiger partial charge >= 0.3 is 0 Å². The van der Waals surface area contributed by atoms with Crippen LogP contribution in [0.1, 0.15) is 52.9 Å². The molecular formula is C14H28N2O3. The minimum Gasteiger partial charge on any atom is -0.396 e. The van der Waals surface area contributed by atoms with Gasteiger partial charge in [0.15, 0.2) is 0 Å². The average molecular weight is 272 g/mol. The van der Waals surface area contributed by atoms with Crippen LogP contribution in [0.4, 0.5) is 0 Å². The Hall–Kier alpha value is -1.10. The maximum atomic E-state index is 11.5. The van der Waals surface area contributed by atoms with E-state index in [1.165, 1.54) is 0 Å². The van der Waals surface area contributed by atoms with Crippen molar-refractivity contribution >= 4 is 11.8 Å². The number of nitrogens with one attached hydrogen (secondary N) is 2. The number of hydrogen-bond donors (Lipinski definition) is 3. The van der Waals surface area contributed by atoms with Crippen molar-refractivity contribution in [2.75, 3.05) is 19.7 Å². The molecule has 0 aromatic carbocycles. The van der Waals surface area contributed by atoms with Crippen LogP contribution < -0.4 is 10.6 Å². The highest BCUT2D eigenvalue weighted by atomic mass is 16.3. The number of unbranched alkanes of at least 4 members (excludes halogenated alkanes) is 2. The molecule has 0 aromatic rings. The van der Waals surface area contributed by atoms with E-state index in [0.717, 1.165) is 19.3 Å². The van der Waals surface area contributed by atoms with E-state index in [9.17, 15) is 9.59 Å². The molecule has 0 rings (SSSR count). The van der Waals surface area contributed by atoms with Crippen LogP contribution in [0.2, 0.25) is 0 Å². The quantitative estimate of drug-likeness (QED) is 0.552. The Morgan fingerprint density at radius 1 is 0.947 bits per heavy atom. The average Bonchev–Trinajstić information content (AvgIpc) is 2.33. The molecule has 0 radical (unpaired) electrons. The molecule has 0 saturated carbocycles. The monoisotopic (exact) mass is 272 g/mol. The summed E-state index contributed by atoms with van der Waals surface area (Å²) in [5.41, 5.74) is -0.380. The molecule has 0 spiro atoms. The van der Waals surface area contributed by atoms with Gasteiger partial charge in [-0.2, -0.15) is 0 Å². The molecule has 0 aliphatic heterocycles. The number of carbonyl (C=O) groups excluding carboxylic acids is 2. The SMILES string of the molecule is CC(C)(C)C(=O)NCCCC(=O)NCCCCCO. The fourth-order valence-electron chi connectivity index (χ4n) is 1.45. The first-order valence-electron chi connectivity index (χ1n) is 7.04. The van der Waals surface area contributed by atoms with Gasteiger partial charge in [-0.05, 0) is 25.7 Å². The minimum atomic E-state index is -0.380. The Kier molecular flexibility index (Phi) is 9.21. The predicted molar refractivity (Wildman–Crippen MR) is 75.6 cm³/mol. The third-order valence-corrected chi connectivity index (χ3v) is 2.70. The lowest BCUT2D eigenvalue weighted by Crippen LogP contribution is -2.35. The molecule has 19 heavy (non-hydrogen) atoms. The molecule has 5 heteroatoms. The summed E-state index contributed by atoms with van der Waals surface area (Å²) in [6, 6.07) is 0. The standard InChI is InChI=1S/C14H28N2O3/c1-14(2,3)13(19)16-10-7-8-12(18)15-9-5-4-6-11-17/h17H,4-11H2,1-3H3,(H,15,18)(H,16,19). The second-order valence-corrected chi connectivity index (χ2v) is 5.74. The summed E-state index contributed by atoms with van der Waals surface area (Å²) < 4.78 is 0. The van der Waals surface area contributed by atoms with E-state index in [0.29, 0.717) is 25.9 Å². The van der Waals surface area contributed by atoms with E-state index >= 15 is 0 Å². The summed E-state index contributed by atoms with van der Waals surface area (Å²) in [7, 11) is 0. The lowest BCUT2D eigenvalue weighted by atomic mass is 9.96. The Morgan fingerprint density at radius 3 is 2.16 bits per heavy atom. The summed E-state index contributed by atoms with van der Waals surface area (Å²) >= 11 is 0. The molecule has 0 aliphatic carbocycles. The van der Waals surface area contributed by atoms with Crippen molar-refractivity contribution < 1.29 is 14.7 Å². The van der Waals surface area contributed by atoms with Gasteiger partial charge in [0.25, 0.3) is 0 Å². The van der Waals surface area contributed by atoms with E-state index in [1.807, 2.05) is 20.8 Å². The molecule has 0 aliphatic rings. The lowest BCUT2D eigenvalue weighted by molar-refractivity contribution is -0.128. The Labute approximate surface area is 116 Å². The van der Waals surface area contributed by atoms with Crippen LogP contribution in [0, 0.1) is 5.41 Å². The van der Waals surface area contributed by atoms with E-state index in [2.05, 4.69) is 10.6 Å². The van der Waals surface area contributed by atoms with Crippen LogP contribution in [-0.4, -0.2) is 36.6 Å². The fraction of sp³-hybridized carbons (Fsp3) is 0.857. The molecule has 0 fully saturated rings. The molecule has 0 aromatic heterocycles. The molecule has 0 bridgehead atoms. The van der Waals surface area contributed by atoms with Crippen LogP contribution in [-0.2, 0) is 9.59 Å². The molecule has 3 N–H and O–H groups in total. The predicted octanol–water partition coefficient (Wildman–Crippen LogP) is 1.21. The maximum absolute atomic E-state index is 11.5. The van der Waals surface area contributed by atoms with Crippen molar-refractivity contribution in [1.29, 1.82) is 0 Å². The number of amides is 2. The Bertz CT molecular complexity index is 272. The van der Waals surface area contributed by atoms with Gasteiger partial charge in [0, 0.05) is 31.5 Å². The van der Waals surface area contributed by atoms with Gasteiger partial charge in [-0.25, -0.2) is 0 Å². The fourth-order valence-corrected chi connectivity index (χ4v) is 1.45. The van der Waals surface area contributed by atoms with Crippen LogP contribution >= 0.6 is 0 Å². The van der Waals surface area contributed by atoms with Crippen molar-refractivity contribution in [3.05, 3.63) is 0 Å². The van der Waals surface area contributed by atoms with Gasteiger partial charge in [0.1, 0.15) is 0 Å². The highest BCUT2D eigenvalue weighted by Crippen LogP contribution is 2.12. The van der Waals surface area contributed by atoms with Crippen LogP contribution in [0.25, 0.3) is 0 Å². The first-order valence-corrected chi connectivity index (χ1v) is 7.04. The zero-order chi connectivity index (χ0) is 14.7. The first-order chi connectivity index (χ1) is 8.88. The number of aliphatic hydroxyl groups is 1. The molecule has 0 heterocycles. The lowest BCUT2D eigenvalue weighted by Gasteiger charge is -2.17. The van der Waals surface area contributed by atoms with Gasteiger partial charge < -0.3 is 15.7 Å². The highest BCUT2D eigenvalue weighted by molar-refractivity contribution is 5.81. The largest absolute Gasteiger partial charge is 0.396 e. The zero-order valence-electron chi connectivity index (χ0n) is 12.4. The molecule has 0 atom stereocenters. The molecule has 112 valence electrons. The Balaban J connectivity index is 3.46.